The molecule has 94 valence electrons. The van der Waals surface area contributed by atoms with Crippen molar-refractivity contribution in [3.8, 4) is 0 Å². The van der Waals surface area contributed by atoms with Crippen LogP contribution in [-0.2, 0) is 11.2 Å². The first-order chi connectivity index (χ1) is 8.16. The smallest absolute Gasteiger partial charge is 0.320 e. The summed E-state index contributed by atoms with van der Waals surface area (Å²) in [5.41, 5.74) is 5.50. The Morgan fingerprint density at radius 2 is 2.24 bits per heavy atom. The molecule has 0 spiro atoms. The fourth-order valence-electron chi connectivity index (χ4n) is 1.93. The van der Waals surface area contributed by atoms with Gasteiger partial charge in [-0.1, -0.05) is 0 Å². The minimum absolute atomic E-state index is 0.362. The fourth-order valence-corrected chi connectivity index (χ4v) is 2.95. The number of rotatable bonds is 4. The molecule has 1 aliphatic rings. The monoisotopic (exact) mass is 255 g/mol. The van der Waals surface area contributed by atoms with E-state index in [4.69, 9.17) is 10.8 Å². The summed E-state index contributed by atoms with van der Waals surface area (Å²) in [5.74, 6) is -0.960. The number of anilines is 1. The van der Waals surface area contributed by atoms with Gasteiger partial charge in [-0.2, -0.15) is 0 Å². The van der Waals surface area contributed by atoms with Gasteiger partial charge in [-0.25, -0.2) is 4.98 Å². The maximum absolute atomic E-state index is 10.7. The zero-order valence-electron chi connectivity index (χ0n) is 9.63. The van der Waals surface area contributed by atoms with E-state index >= 15 is 0 Å². The lowest BCUT2D eigenvalue weighted by Crippen LogP contribution is -2.31. The van der Waals surface area contributed by atoms with Gasteiger partial charge in [0.2, 0.25) is 0 Å². The van der Waals surface area contributed by atoms with E-state index in [9.17, 15) is 4.79 Å². The van der Waals surface area contributed by atoms with Crippen LogP contribution in [0.25, 0.3) is 0 Å². The minimum Gasteiger partial charge on any atom is -0.480 e. The quantitative estimate of drug-likeness (QED) is 0.842. The number of aromatic nitrogens is 1. The third-order valence-corrected chi connectivity index (χ3v) is 3.99. The number of carboxylic acid groups (broad SMARTS) is 1. The van der Waals surface area contributed by atoms with Gasteiger partial charge < -0.3 is 15.7 Å². The Morgan fingerprint density at radius 1 is 1.53 bits per heavy atom. The Morgan fingerprint density at radius 3 is 2.88 bits per heavy atom. The predicted octanol–water partition coefficient (Wildman–Crippen LogP) is 1.09. The molecule has 1 aromatic rings. The molecule has 1 fully saturated rings. The average molecular weight is 255 g/mol. The number of aliphatic carboxylic acids is 1. The number of hydrogen-bond donors (Lipinski definition) is 2. The lowest BCUT2D eigenvalue weighted by molar-refractivity contribution is -0.138. The van der Waals surface area contributed by atoms with E-state index in [1.807, 2.05) is 0 Å². The van der Waals surface area contributed by atoms with E-state index in [0.29, 0.717) is 6.42 Å². The van der Waals surface area contributed by atoms with Crippen LogP contribution >= 0.6 is 11.3 Å². The summed E-state index contributed by atoms with van der Waals surface area (Å²) < 4.78 is 0. The molecule has 17 heavy (non-hydrogen) atoms. The van der Waals surface area contributed by atoms with Gasteiger partial charge in [-0.15, -0.1) is 11.3 Å². The maximum atomic E-state index is 10.7. The number of nitrogens with zero attached hydrogens (tertiary/aromatic N) is 2. The van der Waals surface area contributed by atoms with Gasteiger partial charge in [-0.05, 0) is 19.3 Å². The van der Waals surface area contributed by atoms with Gasteiger partial charge in [0, 0.05) is 30.6 Å². The van der Waals surface area contributed by atoms with E-state index in [1.54, 1.807) is 17.5 Å². The number of nitrogens with two attached hydrogens (primary N) is 1. The molecule has 2 rings (SSSR count). The zero-order chi connectivity index (χ0) is 12.3. The first-order valence-corrected chi connectivity index (χ1v) is 6.66. The topological polar surface area (TPSA) is 79.5 Å². The summed E-state index contributed by atoms with van der Waals surface area (Å²) in [4.78, 5) is 18.2. The van der Waals surface area contributed by atoms with E-state index < -0.39 is 12.0 Å². The highest BCUT2D eigenvalue weighted by molar-refractivity contribution is 7.15. The van der Waals surface area contributed by atoms with Crippen LogP contribution in [-0.4, -0.2) is 35.2 Å². The lowest BCUT2D eigenvalue weighted by atomic mass is 10.1. The molecule has 5 nitrogen and oxygen atoms in total. The van der Waals surface area contributed by atoms with Crippen LogP contribution in [0.1, 0.15) is 24.1 Å². The summed E-state index contributed by atoms with van der Waals surface area (Å²) in [6.45, 7) is 2.11. The number of carbonyl (C=O) groups is 1. The van der Waals surface area contributed by atoms with Crippen LogP contribution in [0.5, 0.6) is 0 Å². The lowest BCUT2D eigenvalue weighted by Gasteiger charge is -2.25. The molecule has 0 saturated carbocycles. The zero-order valence-corrected chi connectivity index (χ0v) is 10.4. The maximum Gasteiger partial charge on any atom is 0.320 e. The van der Waals surface area contributed by atoms with Gasteiger partial charge in [0.05, 0.1) is 0 Å². The third-order valence-electron chi connectivity index (χ3n) is 2.91. The van der Waals surface area contributed by atoms with Gasteiger partial charge in [0.15, 0.2) is 5.13 Å². The molecule has 1 atom stereocenters. The van der Waals surface area contributed by atoms with Crippen LogP contribution < -0.4 is 10.6 Å². The van der Waals surface area contributed by atoms with Crippen molar-refractivity contribution >= 4 is 22.4 Å². The van der Waals surface area contributed by atoms with Gasteiger partial charge >= 0.3 is 5.97 Å². The average Bonchev–Trinajstić information content (AvgIpc) is 2.78. The number of piperidine rings is 1. The molecule has 0 bridgehead atoms. The molecule has 0 aliphatic carbocycles. The number of hydrogen-bond acceptors (Lipinski definition) is 5. The Labute approximate surface area is 104 Å². The molecule has 3 N–H and O–H groups in total. The molecular formula is C11H17N3O2S. The largest absolute Gasteiger partial charge is 0.480 e. The third kappa shape index (κ3) is 3.17. The summed E-state index contributed by atoms with van der Waals surface area (Å²) in [6, 6.07) is -0.829. The predicted molar refractivity (Wildman–Crippen MR) is 67.5 cm³/mol. The molecule has 0 amide bonds. The molecule has 1 aromatic heterocycles. The minimum atomic E-state index is -0.960. The van der Waals surface area contributed by atoms with Crippen molar-refractivity contribution in [2.24, 2.45) is 5.73 Å². The highest BCUT2D eigenvalue weighted by Crippen LogP contribution is 2.25. The van der Waals surface area contributed by atoms with Crippen molar-refractivity contribution in [3.63, 3.8) is 0 Å². The Balaban J connectivity index is 1.97. The van der Waals surface area contributed by atoms with Crippen LogP contribution in [0.3, 0.4) is 0 Å². The van der Waals surface area contributed by atoms with Gasteiger partial charge in [-0.3, -0.25) is 4.79 Å². The Hall–Kier alpha value is -1.14. The molecule has 1 unspecified atom stereocenters. The molecule has 6 heteroatoms. The molecule has 2 heterocycles. The second-order valence-corrected chi connectivity index (χ2v) is 5.40. The number of carboxylic acids is 1. The van der Waals surface area contributed by atoms with E-state index in [1.165, 1.54) is 19.3 Å². The Bertz CT molecular complexity index is 388. The van der Waals surface area contributed by atoms with Crippen LogP contribution in [0.15, 0.2) is 6.20 Å². The summed E-state index contributed by atoms with van der Waals surface area (Å²) >= 11 is 1.56. The van der Waals surface area contributed by atoms with Crippen LogP contribution in [0.2, 0.25) is 0 Å². The normalized spacial score (nSPS) is 18.1. The second-order valence-electron chi connectivity index (χ2n) is 4.31. The molecule has 0 radical (unpaired) electrons. The highest BCUT2D eigenvalue weighted by Gasteiger charge is 2.17. The van der Waals surface area contributed by atoms with Crippen molar-refractivity contribution in [3.05, 3.63) is 11.1 Å². The summed E-state index contributed by atoms with van der Waals surface area (Å²) in [5, 5.41) is 9.75. The van der Waals surface area contributed by atoms with Crippen LogP contribution in [0, 0.1) is 0 Å². The molecule has 1 saturated heterocycles. The standard InChI is InChI=1S/C11H17N3O2S/c12-9(10(15)16)6-8-7-13-11(17-8)14-4-2-1-3-5-14/h7,9H,1-6,12H2,(H,15,16). The Kier molecular flexibility index (Phi) is 3.96. The fraction of sp³-hybridized carbons (Fsp3) is 0.636. The van der Waals surface area contributed by atoms with Gasteiger partial charge in [0.25, 0.3) is 0 Å². The molecule has 0 aromatic carbocycles. The van der Waals surface area contributed by atoms with Crippen molar-refractivity contribution in [1.29, 1.82) is 0 Å². The molecule has 1 aliphatic heterocycles. The van der Waals surface area contributed by atoms with Crippen molar-refractivity contribution in [2.45, 2.75) is 31.7 Å². The summed E-state index contributed by atoms with van der Waals surface area (Å²) in [6.07, 6.45) is 5.82. The first-order valence-electron chi connectivity index (χ1n) is 5.85. The van der Waals surface area contributed by atoms with Crippen molar-refractivity contribution in [2.75, 3.05) is 18.0 Å². The van der Waals surface area contributed by atoms with Crippen molar-refractivity contribution < 1.29 is 9.90 Å². The highest BCUT2D eigenvalue weighted by atomic mass is 32.1. The van der Waals surface area contributed by atoms with Gasteiger partial charge in [0.1, 0.15) is 6.04 Å². The SMILES string of the molecule is NC(Cc1cnc(N2CCCCC2)s1)C(=O)O. The first kappa shape index (κ1) is 12.3. The van der Waals surface area contributed by atoms with E-state index in [0.717, 1.165) is 23.1 Å². The summed E-state index contributed by atoms with van der Waals surface area (Å²) in [7, 11) is 0. The molecular weight excluding hydrogens is 238 g/mol. The van der Waals surface area contributed by atoms with Crippen LogP contribution in [0.4, 0.5) is 5.13 Å². The van der Waals surface area contributed by atoms with E-state index in [-0.39, 0.29) is 0 Å². The second kappa shape index (κ2) is 5.46. The van der Waals surface area contributed by atoms with Crippen molar-refractivity contribution in [1.82, 2.24) is 4.98 Å². The number of thiazole rings is 1. The van der Waals surface area contributed by atoms with E-state index in [2.05, 4.69) is 9.88 Å².